The molecule has 1 amide bonds. The molecule has 0 bridgehead atoms. The van der Waals surface area contributed by atoms with Gasteiger partial charge in [-0.1, -0.05) is 15.9 Å². The second kappa shape index (κ2) is 8.10. The van der Waals surface area contributed by atoms with E-state index in [1.165, 1.54) is 0 Å². The highest BCUT2D eigenvalue weighted by Crippen LogP contribution is 2.38. The number of azo groups is 1. The lowest BCUT2D eigenvalue weighted by Gasteiger charge is -2.07. The lowest BCUT2D eigenvalue weighted by molar-refractivity contribution is -0.120. The minimum Gasteiger partial charge on any atom is -0.497 e. The van der Waals surface area contributed by atoms with Crippen LogP contribution >= 0.6 is 31.9 Å². The largest absolute Gasteiger partial charge is 0.497 e. The number of methoxy groups -OCH3 is 1. The number of hydrogen-bond acceptors (Lipinski definition) is 5. The Kier molecular flexibility index (Phi) is 5.81. The SMILES string of the molecule is COc1ccc(OCC(=O)N=Nc2c(O)[nH]c3c(C)cc(Br)cc23)c(Br)c1. The summed E-state index contributed by atoms with van der Waals surface area (Å²) in [6.07, 6.45) is 0. The number of aromatic amines is 1. The number of carbonyl (C=O) groups excluding carboxylic acids is 1. The van der Waals surface area contributed by atoms with E-state index >= 15 is 0 Å². The molecule has 27 heavy (non-hydrogen) atoms. The number of ether oxygens (including phenoxy) is 2. The fraction of sp³-hybridized carbons (Fsp3) is 0.167. The minimum atomic E-state index is -0.585. The Labute approximate surface area is 171 Å². The molecule has 3 rings (SSSR count). The smallest absolute Gasteiger partial charge is 0.302 e. The van der Waals surface area contributed by atoms with Gasteiger partial charge in [0.15, 0.2) is 12.3 Å². The topological polar surface area (TPSA) is 96.3 Å². The van der Waals surface area contributed by atoms with E-state index in [1.807, 2.05) is 13.0 Å². The first-order valence-electron chi connectivity index (χ1n) is 7.80. The molecule has 0 aliphatic rings. The quantitative estimate of drug-likeness (QED) is 0.462. The maximum Gasteiger partial charge on any atom is 0.302 e. The number of carbonyl (C=O) groups is 1. The molecular weight excluding hydrogens is 482 g/mol. The second-order valence-corrected chi connectivity index (χ2v) is 7.42. The van der Waals surface area contributed by atoms with Crippen LogP contribution in [0.2, 0.25) is 0 Å². The molecule has 0 atom stereocenters. The Bertz CT molecular complexity index is 1050. The summed E-state index contributed by atoms with van der Waals surface area (Å²) >= 11 is 6.75. The van der Waals surface area contributed by atoms with Crippen molar-refractivity contribution in [2.75, 3.05) is 13.7 Å². The Morgan fingerprint density at radius 2 is 2.04 bits per heavy atom. The lowest BCUT2D eigenvalue weighted by Crippen LogP contribution is -2.08. The van der Waals surface area contributed by atoms with E-state index in [0.717, 1.165) is 15.6 Å². The fourth-order valence-corrected chi connectivity index (χ4v) is 3.55. The Balaban J connectivity index is 1.74. The van der Waals surface area contributed by atoms with Crippen molar-refractivity contribution >= 4 is 54.4 Å². The highest BCUT2D eigenvalue weighted by molar-refractivity contribution is 9.10. The number of amides is 1. The normalized spacial score (nSPS) is 11.3. The molecule has 0 fully saturated rings. The molecular formula is C18H15Br2N3O4. The van der Waals surface area contributed by atoms with E-state index in [4.69, 9.17) is 9.47 Å². The van der Waals surface area contributed by atoms with Gasteiger partial charge in [-0.3, -0.25) is 4.79 Å². The second-order valence-electron chi connectivity index (χ2n) is 5.65. The summed E-state index contributed by atoms with van der Waals surface area (Å²) in [6, 6.07) is 8.83. The first-order chi connectivity index (χ1) is 12.9. The van der Waals surface area contributed by atoms with Crippen LogP contribution in [0.4, 0.5) is 5.69 Å². The van der Waals surface area contributed by atoms with Gasteiger partial charge in [0, 0.05) is 9.86 Å². The zero-order chi connectivity index (χ0) is 19.6. The summed E-state index contributed by atoms with van der Waals surface area (Å²) in [4.78, 5) is 14.8. The zero-order valence-corrected chi connectivity index (χ0v) is 17.6. The number of halogens is 2. The summed E-state index contributed by atoms with van der Waals surface area (Å²) in [6.45, 7) is 1.61. The van der Waals surface area contributed by atoms with Crippen molar-refractivity contribution in [1.82, 2.24) is 4.98 Å². The average Bonchev–Trinajstić information content (AvgIpc) is 2.94. The summed E-state index contributed by atoms with van der Waals surface area (Å²) in [5.74, 6) is 0.408. The van der Waals surface area contributed by atoms with Gasteiger partial charge in [0.2, 0.25) is 5.88 Å². The zero-order valence-electron chi connectivity index (χ0n) is 14.4. The highest BCUT2D eigenvalue weighted by Gasteiger charge is 2.14. The van der Waals surface area contributed by atoms with Crippen LogP contribution in [0.1, 0.15) is 5.56 Å². The van der Waals surface area contributed by atoms with E-state index in [1.54, 1.807) is 31.4 Å². The number of H-pyrrole nitrogens is 1. The average molecular weight is 497 g/mol. The van der Waals surface area contributed by atoms with Crippen molar-refractivity contribution < 1.29 is 19.4 Å². The maximum absolute atomic E-state index is 12.0. The van der Waals surface area contributed by atoms with Crippen molar-refractivity contribution in [3.05, 3.63) is 44.8 Å². The molecule has 2 aromatic carbocycles. The summed E-state index contributed by atoms with van der Waals surface area (Å²) in [5.41, 5.74) is 1.86. The van der Waals surface area contributed by atoms with E-state index in [-0.39, 0.29) is 18.2 Å². The van der Waals surface area contributed by atoms with Crippen molar-refractivity contribution in [3.8, 4) is 17.4 Å². The Morgan fingerprint density at radius 3 is 2.74 bits per heavy atom. The summed E-state index contributed by atoms with van der Waals surface area (Å²) < 4.78 is 12.0. The van der Waals surface area contributed by atoms with Crippen LogP contribution in [0.15, 0.2) is 49.5 Å². The first-order valence-corrected chi connectivity index (χ1v) is 9.39. The number of aromatic nitrogens is 1. The molecule has 1 heterocycles. The molecule has 140 valence electrons. The van der Waals surface area contributed by atoms with Gasteiger partial charge in [-0.25, -0.2) is 0 Å². The van der Waals surface area contributed by atoms with Crippen LogP contribution in [0, 0.1) is 6.92 Å². The van der Waals surface area contributed by atoms with Crippen LogP contribution in [0.25, 0.3) is 10.9 Å². The van der Waals surface area contributed by atoms with Gasteiger partial charge in [0.1, 0.15) is 11.5 Å². The number of nitrogens with zero attached hydrogens (tertiary/aromatic N) is 2. The van der Waals surface area contributed by atoms with Gasteiger partial charge in [-0.2, -0.15) is 0 Å². The highest BCUT2D eigenvalue weighted by atomic mass is 79.9. The third-order valence-corrected chi connectivity index (χ3v) is 4.85. The molecule has 0 unspecified atom stereocenters. The van der Waals surface area contributed by atoms with Crippen molar-refractivity contribution in [3.63, 3.8) is 0 Å². The molecule has 0 aliphatic heterocycles. The minimum absolute atomic E-state index is 0.151. The van der Waals surface area contributed by atoms with Gasteiger partial charge in [0.25, 0.3) is 0 Å². The van der Waals surface area contributed by atoms with Crippen LogP contribution in [0.5, 0.6) is 17.4 Å². The lowest BCUT2D eigenvalue weighted by atomic mass is 10.1. The molecule has 0 aliphatic carbocycles. The van der Waals surface area contributed by atoms with Gasteiger partial charge < -0.3 is 19.6 Å². The number of aromatic hydroxyl groups is 1. The van der Waals surface area contributed by atoms with E-state index < -0.39 is 5.91 Å². The Hall–Kier alpha value is -2.39. The van der Waals surface area contributed by atoms with Gasteiger partial charge in [0.05, 0.1) is 17.1 Å². The molecule has 0 saturated heterocycles. The molecule has 2 N–H and O–H groups in total. The predicted octanol–water partition coefficient (Wildman–Crippen LogP) is 5.40. The standard InChI is InChI=1S/C18H15Br2N3O4/c1-9-5-10(19)6-12-16(9)21-18(25)17(12)23-22-15(24)8-27-14-4-3-11(26-2)7-13(14)20/h3-7,21,25H,8H2,1-2H3. The van der Waals surface area contributed by atoms with Crippen LogP contribution < -0.4 is 9.47 Å². The Morgan fingerprint density at radius 1 is 1.26 bits per heavy atom. The molecule has 1 aromatic heterocycles. The summed E-state index contributed by atoms with van der Waals surface area (Å²) in [7, 11) is 1.56. The number of nitrogens with one attached hydrogen (secondary N) is 1. The van der Waals surface area contributed by atoms with E-state index in [9.17, 15) is 9.90 Å². The van der Waals surface area contributed by atoms with Crippen LogP contribution in [-0.4, -0.2) is 29.7 Å². The van der Waals surface area contributed by atoms with Gasteiger partial charge in [-0.05, 0) is 58.7 Å². The number of benzene rings is 2. The number of fused-ring (bicyclic) bond motifs is 1. The van der Waals surface area contributed by atoms with Crippen molar-refractivity contribution in [2.45, 2.75) is 6.92 Å². The van der Waals surface area contributed by atoms with Crippen molar-refractivity contribution in [1.29, 1.82) is 0 Å². The molecule has 3 aromatic rings. The molecule has 0 saturated carbocycles. The monoisotopic (exact) mass is 495 g/mol. The number of hydrogen-bond donors (Lipinski definition) is 2. The maximum atomic E-state index is 12.0. The fourth-order valence-electron chi connectivity index (χ4n) is 2.50. The summed E-state index contributed by atoms with van der Waals surface area (Å²) in [5, 5.41) is 18.3. The van der Waals surface area contributed by atoms with E-state index in [2.05, 4.69) is 47.1 Å². The van der Waals surface area contributed by atoms with Crippen molar-refractivity contribution in [2.24, 2.45) is 10.2 Å². The van der Waals surface area contributed by atoms with Crippen LogP contribution in [0.3, 0.4) is 0 Å². The van der Waals surface area contributed by atoms with Gasteiger partial charge in [-0.15, -0.1) is 10.2 Å². The number of aryl methyl sites for hydroxylation is 1. The number of rotatable bonds is 5. The van der Waals surface area contributed by atoms with Gasteiger partial charge >= 0.3 is 5.91 Å². The third-order valence-electron chi connectivity index (χ3n) is 3.77. The third kappa shape index (κ3) is 4.30. The molecule has 0 radical (unpaired) electrons. The van der Waals surface area contributed by atoms with Crippen LogP contribution in [-0.2, 0) is 4.79 Å². The molecule has 7 nitrogen and oxygen atoms in total. The molecule has 9 heteroatoms. The van der Waals surface area contributed by atoms with E-state index in [0.29, 0.717) is 21.4 Å². The first kappa shape index (κ1) is 19.4. The predicted molar refractivity (Wildman–Crippen MR) is 108 cm³/mol. The molecule has 0 spiro atoms.